The molecule has 0 aromatic rings. The Balaban J connectivity index is 1.23. The van der Waals surface area contributed by atoms with E-state index in [0.717, 1.165) is 38.5 Å². The van der Waals surface area contributed by atoms with Crippen LogP contribution in [0.2, 0.25) is 0 Å². The van der Waals surface area contributed by atoms with Gasteiger partial charge in [0.1, 0.15) is 0 Å². The van der Waals surface area contributed by atoms with Gasteiger partial charge >= 0.3 is 11.9 Å². The summed E-state index contributed by atoms with van der Waals surface area (Å²) in [4.78, 5) is 25.2. The molecule has 152 valence electrons. The first-order chi connectivity index (χ1) is 12.6. The van der Waals surface area contributed by atoms with Crippen LogP contribution in [0.25, 0.3) is 0 Å². The number of hydrogen-bond acceptors (Lipinski definition) is 6. The lowest BCUT2D eigenvalue weighted by atomic mass is 9.70. The van der Waals surface area contributed by atoms with Crippen LogP contribution >= 0.6 is 0 Å². The summed E-state index contributed by atoms with van der Waals surface area (Å²) < 4.78 is 22.4. The Morgan fingerprint density at radius 2 is 1.48 bits per heavy atom. The lowest BCUT2D eigenvalue weighted by Crippen LogP contribution is -2.53. The van der Waals surface area contributed by atoms with Gasteiger partial charge < -0.3 is 18.9 Å². The van der Waals surface area contributed by atoms with Crippen molar-refractivity contribution in [3.05, 3.63) is 0 Å². The first-order valence-electron chi connectivity index (χ1n) is 10.2. The fourth-order valence-corrected chi connectivity index (χ4v) is 4.79. The predicted molar refractivity (Wildman–Crippen MR) is 96.9 cm³/mol. The summed E-state index contributed by atoms with van der Waals surface area (Å²) >= 11 is 0. The summed E-state index contributed by atoms with van der Waals surface area (Å²) in [5.74, 6) is -0.316. The topological polar surface area (TPSA) is 74.4 Å². The Morgan fingerprint density at radius 1 is 0.926 bits per heavy atom. The molecule has 6 nitrogen and oxygen atoms in total. The van der Waals surface area contributed by atoms with E-state index in [-0.39, 0.29) is 43.5 Å². The standard InChI is InChI=1S/C21H32O6/c1-19(2,11-24-17(22)20(3)6-5-15-16(10-20)27-15)12-25-18(23)21(4)8-13-7-14(9-21)26-13/h13-16H,5-12H2,1-4H3/t13?,14?,15?,16-,20?,21?/m0/s1. The highest BCUT2D eigenvalue weighted by Gasteiger charge is 2.53. The van der Waals surface area contributed by atoms with Crippen molar-refractivity contribution in [1.29, 1.82) is 0 Å². The smallest absolute Gasteiger partial charge is 0.312 e. The Bertz CT molecular complexity index is 582. The van der Waals surface area contributed by atoms with Crippen LogP contribution in [0, 0.1) is 16.2 Å². The molecule has 5 aliphatic rings. The zero-order valence-corrected chi connectivity index (χ0v) is 16.9. The van der Waals surface area contributed by atoms with E-state index < -0.39 is 16.2 Å². The highest BCUT2D eigenvalue weighted by atomic mass is 16.6. The van der Waals surface area contributed by atoms with Gasteiger partial charge in [0.25, 0.3) is 0 Å². The van der Waals surface area contributed by atoms with Crippen LogP contribution in [0.15, 0.2) is 0 Å². The van der Waals surface area contributed by atoms with Crippen LogP contribution in [0.5, 0.6) is 0 Å². The molecular weight excluding hydrogens is 348 g/mol. The monoisotopic (exact) mass is 380 g/mol. The average molecular weight is 380 g/mol. The minimum absolute atomic E-state index is 0.156. The Labute approximate surface area is 161 Å². The molecule has 2 bridgehead atoms. The van der Waals surface area contributed by atoms with Crippen LogP contribution in [0.4, 0.5) is 0 Å². The second-order valence-electron chi connectivity index (χ2n) is 10.4. The maximum Gasteiger partial charge on any atom is 0.312 e. The molecule has 5 atom stereocenters. The number of carbonyl (C=O) groups excluding carboxylic acids is 2. The summed E-state index contributed by atoms with van der Waals surface area (Å²) in [7, 11) is 0. The minimum Gasteiger partial charge on any atom is -0.465 e. The fraction of sp³-hybridized carbons (Fsp3) is 0.905. The maximum atomic E-state index is 12.6. The molecule has 2 saturated carbocycles. The normalized spacial score (nSPS) is 42.5. The number of carbonyl (C=O) groups is 2. The van der Waals surface area contributed by atoms with Crippen molar-refractivity contribution in [2.45, 2.75) is 90.6 Å². The highest BCUT2D eigenvalue weighted by Crippen LogP contribution is 2.48. The summed E-state index contributed by atoms with van der Waals surface area (Å²) in [6, 6.07) is 0. The van der Waals surface area contributed by atoms with Gasteiger partial charge in [-0.15, -0.1) is 0 Å². The van der Waals surface area contributed by atoms with Gasteiger partial charge in [0.05, 0.1) is 48.5 Å². The van der Waals surface area contributed by atoms with E-state index >= 15 is 0 Å². The Morgan fingerprint density at radius 3 is 2.04 bits per heavy atom. The van der Waals surface area contributed by atoms with E-state index in [1.165, 1.54) is 0 Å². The maximum absolute atomic E-state index is 12.6. The predicted octanol–water partition coefficient (Wildman–Crippen LogP) is 3.01. The number of epoxide rings is 1. The van der Waals surface area contributed by atoms with E-state index in [1.807, 2.05) is 27.7 Å². The summed E-state index contributed by atoms with van der Waals surface area (Å²) in [6.07, 6.45) is 6.04. The quantitative estimate of drug-likeness (QED) is 0.521. The van der Waals surface area contributed by atoms with Crippen LogP contribution < -0.4 is 0 Å². The van der Waals surface area contributed by atoms with Gasteiger partial charge in [-0.05, 0) is 52.4 Å². The van der Waals surface area contributed by atoms with Crippen molar-refractivity contribution in [2.75, 3.05) is 13.2 Å². The van der Waals surface area contributed by atoms with Crippen LogP contribution in [0.3, 0.4) is 0 Å². The molecule has 4 unspecified atom stereocenters. The highest BCUT2D eigenvalue weighted by molar-refractivity contribution is 5.77. The number of fused-ring (bicyclic) bond motifs is 3. The lowest BCUT2D eigenvalue weighted by Gasteiger charge is -2.49. The van der Waals surface area contributed by atoms with Gasteiger partial charge in [-0.3, -0.25) is 9.59 Å². The molecule has 0 spiro atoms. The van der Waals surface area contributed by atoms with Crippen molar-refractivity contribution < 1.29 is 28.5 Å². The SMILES string of the molecule is CC(C)(COC(=O)C1(C)CC2CC(C1)O2)COC(=O)C1(C)CCC2O[C@H]2C1. The first kappa shape index (κ1) is 19.2. The Kier molecular flexibility index (Phi) is 4.58. The molecule has 27 heavy (non-hydrogen) atoms. The molecule has 5 fully saturated rings. The van der Waals surface area contributed by atoms with Crippen LogP contribution in [-0.4, -0.2) is 49.6 Å². The van der Waals surface area contributed by atoms with Gasteiger partial charge in [0, 0.05) is 5.41 Å². The minimum atomic E-state index is -0.457. The van der Waals surface area contributed by atoms with Gasteiger partial charge in [-0.1, -0.05) is 13.8 Å². The van der Waals surface area contributed by atoms with E-state index in [1.54, 1.807) is 0 Å². The zero-order chi connectivity index (χ0) is 19.4. The van der Waals surface area contributed by atoms with Crippen molar-refractivity contribution in [3.8, 4) is 0 Å². The molecule has 0 N–H and O–H groups in total. The van der Waals surface area contributed by atoms with Crippen molar-refractivity contribution in [2.24, 2.45) is 16.2 Å². The van der Waals surface area contributed by atoms with Gasteiger partial charge in [0.15, 0.2) is 0 Å². The molecule has 0 aromatic carbocycles. The van der Waals surface area contributed by atoms with E-state index in [9.17, 15) is 9.59 Å². The third kappa shape index (κ3) is 3.88. The molecule has 0 aromatic heterocycles. The largest absolute Gasteiger partial charge is 0.465 e. The first-order valence-corrected chi connectivity index (χ1v) is 10.2. The summed E-state index contributed by atoms with van der Waals surface area (Å²) in [5.41, 5.74) is -1.32. The summed E-state index contributed by atoms with van der Waals surface area (Å²) in [5, 5.41) is 0. The van der Waals surface area contributed by atoms with Crippen molar-refractivity contribution >= 4 is 11.9 Å². The number of ether oxygens (including phenoxy) is 4. The molecule has 3 heterocycles. The molecule has 5 rings (SSSR count). The average Bonchev–Trinajstić information content (AvgIpc) is 3.35. The van der Waals surface area contributed by atoms with Crippen molar-refractivity contribution in [1.82, 2.24) is 0 Å². The van der Waals surface area contributed by atoms with E-state index in [0.29, 0.717) is 6.10 Å². The molecule has 2 aliphatic carbocycles. The van der Waals surface area contributed by atoms with E-state index in [2.05, 4.69) is 0 Å². The Hall–Kier alpha value is -1.14. The van der Waals surface area contributed by atoms with Crippen LogP contribution in [0.1, 0.15) is 66.2 Å². The summed E-state index contributed by atoms with van der Waals surface area (Å²) in [6.45, 7) is 8.35. The van der Waals surface area contributed by atoms with Gasteiger partial charge in [0.2, 0.25) is 0 Å². The van der Waals surface area contributed by atoms with E-state index in [4.69, 9.17) is 18.9 Å². The third-order valence-corrected chi connectivity index (χ3v) is 6.76. The second kappa shape index (κ2) is 6.45. The van der Waals surface area contributed by atoms with Crippen molar-refractivity contribution in [3.63, 3.8) is 0 Å². The molecule has 0 radical (unpaired) electrons. The van der Waals surface area contributed by atoms with Gasteiger partial charge in [-0.2, -0.15) is 0 Å². The molecule has 3 aliphatic heterocycles. The van der Waals surface area contributed by atoms with Crippen LogP contribution in [-0.2, 0) is 28.5 Å². The fourth-order valence-electron chi connectivity index (χ4n) is 4.79. The molecular formula is C21H32O6. The number of esters is 2. The van der Waals surface area contributed by atoms with Gasteiger partial charge in [-0.25, -0.2) is 0 Å². The third-order valence-electron chi connectivity index (χ3n) is 6.76. The number of hydrogen-bond donors (Lipinski definition) is 0. The molecule has 6 heteroatoms. The lowest BCUT2D eigenvalue weighted by molar-refractivity contribution is -0.209. The molecule has 3 saturated heterocycles. The number of rotatable bonds is 6. The second-order valence-corrected chi connectivity index (χ2v) is 10.4. The molecule has 0 amide bonds. The zero-order valence-electron chi connectivity index (χ0n) is 16.9.